The molecular weight excluding hydrogens is 278 g/mol. The topological polar surface area (TPSA) is 44.8 Å². The number of likely N-dealkylation sites (tertiary alicyclic amines) is 2. The van der Waals surface area contributed by atoms with Crippen molar-refractivity contribution in [2.24, 2.45) is 0 Å². The zero-order valence-electron chi connectivity index (χ0n) is 13.2. The van der Waals surface area contributed by atoms with Gasteiger partial charge in [0.1, 0.15) is 6.61 Å². The number of nitrogens with one attached hydrogen (secondary N) is 1. The summed E-state index contributed by atoms with van der Waals surface area (Å²) in [4.78, 5) is 16.1. The summed E-state index contributed by atoms with van der Waals surface area (Å²) >= 11 is 0. The summed E-state index contributed by atoms with van der Waals surface area (Å²) in [6.45, 7) is 4.20. The summed E-state index contributed by atoms with van der Waals surface area (Å²) < 4.78 is 5.34. The first-order chi connectivity index (χ1) is 10.7. The van der Waals surface area contributed by atoms with Crippen molar-refractivity contribution in [3.05, 3.63) is 35.9 Å². The molecule has 1 amide bonds. The molecule has 5 heteroatoms. The van der Waals surface area contributed by atoms with Gasteiger partial charge >= 0.3 is 6.09 Å². The summed E-state index contributed by atoms with van der Waals surface area (Å²) in [5.41, 5.74) is 1.03. The number of nitrogens with zero attached hydrogens (tertiary/aromatic N) is 2. The maximum atomic E-state index is 11.9. The van der Waals surface area contributed by atoms with E-state index in [0.29, 0.717) is 18.7 Å². The van der Waals surface area contributed by atoms with Gasteiger partial charge in [0.15, 0.2) is 0 Å². The molecule has 0 unspecified atom stereocenters. The van der Waals surface area contributed by atoms with E-state index in [1.807, 2.05) is 30.3 Å². The number of carbonyl (C=O) groups excluding carboxylic acids is 1. The summed E-state index contributed by atoms with van der Waals surface area (Å²) in [6, 6.07) is 10.8. The molecule has 5 nitrogen and oxygen atoms in total. The molecule has 1 aromatic rings. The van der Waals surface area contributed by atoms with Crippen molar-refractivity contribution in [3.8, 4) is 0 Å². The van der Waals surface area contributed by atoms with Gasteiger partial charge in [0.2, 0.25) is 0 Å². The number of hydrogen-bond acceptors (Lipinski definition) is 4. The van der Waals surface area contributed by atoms with Gasteiger partial charge in [-0.15, -0.1) is 0 Å². The van der Waals surface area contributed by atoms with Crippen molar-refractivity contribution in [1.29, 1.82) is 0 Å². The van der Waals surface area contributed by atoms with E-state index in [4.69, 9.17) is 4.74 Å². The maximum absolute atomic E-state index is 11.9. The van der Waals surface area contributed by atoms with Crippen LogP contribution in [0.3, 0.4) is 0 Å². The van der Waals surface area contributed by atoms with Crippen molar-refractivity contribution in [1.82, 2.24) is 15.1 Å². The molecule has 0 atom stereocenters. The largest absolute Gasteiger partial charge is 0.445 e. The number of hydrogen-bond donors (Lipinski definition) is 1. The van der Waals surface area contributed by atoms with E-state index in [2.05, 4.69) is 17.3 Å². The molecular formula is C17H25N3O2. The quantitative estimate of drug-likeness (QED) is 0.919. The standard InChI is InChI=1S/C17H25N3O2/c1-19-9-7-15(8-10-19)18-16-11-20(12-16)17(21)22-13-14-5-3-2-4-6-14/h2-6,15-16,18H,7-13H2,1H3. The lowest BCUT2D eigenvalue weighted by Gasteiger charge is -2.42. The highest BCUT2D eigenvalue weighted by Gasteiger charge is 2.33. The molecule has 3 rings (SSSR count). The number of piperidine rings is 1. The Morgan fingerprint density at radius 3 is 2.55 bits per heavy atom. The Labute approximate surface area is 132 Å². The second kappa shape index (κ2) is 7.11. The first kappa shape index (κ1) is 15.3. The van der Waals surface area contributed by atoms with E-state index in [1.165, 1.54) is 12.8 Å². The summed E-state index contributed by atoms with van der Waals surface area (Å²) in [6.07, 6.45) is 2.20. The Bertz CT molecular complexity index is 480. The SMILES string of the molecule is CN1CCC(NC2CN(C(=O)OCc3ccccc3)C2)CC1. The lowest BCUT2D eigenvalue weighted by Crippen LogP contribution is -2.62. The Morgan fingerprint density at radius 2 is 1.86 bits per heavy atom. The van der Waals surface area contributed by atoms with Crippen LogP contribution in [-0.4, -0.2) is 61.2 Å². The Hall–Kier alpha value is -1.59. The molecule has 2 aliphatic heterocycles. The first-order valence-corrected chi connectivity index (χ1v) is 8.11. The minimum absolute atomic E-state index is 0.203. The molecule has 2 saturated heterocycles. The summed E-state index contributed by atoms with van der Waals surface area (Å²) in [7, 11) is 2.17. The molecule has 0 bridgehead atoms. The number of amides is 1. The average Bonchev–Trinajstić information content (AvgIpc) is 2.51. The van der Waals surface area contributed by atoms with Crippen LogP contribution in [0.1, 0.15) is 18.4 Å². The minimum Gasteiger partial charge on any atom is -0.445 e. The highest BCUT2D eigenvalue weighted by Crippen LogP contribution is 2.15. The van der Waals surface area contributed by atoms with Crippen LogP contribution < -0.4 is 5.32 Å². The van der Waals surface area contributed by atoms with Crippen molar-refractivity contribution in [3.63, 3.8) is 0 Å². The second-order valence-electron chi connectivity index (χ2n) is 6.39. The summed E-state index contributed by atoms with van der Waals surface area (Å²) in [5.74, 6) is 0. The number of carbonyl (C=O) groups is 1. The normalized spacial score (nSPS) is 20.7. The van der Waals surface area contributed by atoms with Gasteiger partial charge in [0, 0.05) is 25.2 Å². The maximum Gasteiger partial charge on any atom is 0.410 e. The molecule has 120 valence electrons. The minimum atomic E-state index is -0.203. The van der Waals surface area contributed by atoms with Gasteiger partial charge in [0.25, 0.3) is 0 Å². The van der Waals surface area contributed by atoms with E-state index in [9.17, 15) is 4.79 Å². The average molecular weight is 303 g/mol. The third-order valence-corrected chi connectivity index (χ3v) is 4.53. The predicted octanol–water partition coefficient (Wildman–Crippen LogP) is 1.69. The van der Waals surface area contributed by atoms with E-state index in [-0.39, 0.29) is 6.09 Å². The smallest absolute Gasteiger partial charge is 0.410 e. The van der Waals surface area contributed by atoms with Crippen LogP contribution in [0.4, 0.5) is 4.79 Å². The molecule has 1 N–H and O–H groups in total. The van der Waals surface area contributed by atoms with E-state index < -0.39 is 0 Å². The summed E-state index contributed by atoms with van der Waals surface area (Å²) in [5, 5.41) is 3.66. The molecule has 2 fully saturated rings. The first-order valence-electron chi connectivity index (χ1n) is 8.11. The molecule has 1 aromatic carbocycles. The van der Waals surface area contributed by atoms with Crippen molar-refractivity contribution in [2.45, 2.75) is 31.5 Å². The predicted molar refractivity (Wildman–Crippen MR) is 85.6 cm³/mol. The van der Waals surface area contributed by atoms with Crippen LogP contribution in [0.15, 0.2) is 30.3 Å². The third kappa shape index (κ3) is 3.99. The Morgan fingerprint density at radius 1 is 1.18 bits per heavy atom. The molecule has 0 spiro atoms. The molecule has 0 radical (unpaired) electrons. The van der Waals surface area contributed by atoms with Crippen molar-refractivity contribution >= 4 is 6.09 Å². The van der Waals surface area contributed by atoms with Gasteiger partial charge in [-0.25, -0.2) is 4.79 Å². The van der Waals surface area contributed by atoms with Gasteiger partial charge in [-0.2, -0.15) is 0 Å². The lowest BCUT2D eigenvalue weighted by atomic mass is 10.0. The van der Waals surface area contributed by atoms with Crippen LogP contribution in [0.5, 0.6) is 0 Å². The molecule has 0 aliphatic carbocycles. The van der Waals surface area contributed by atoms with Gasteiger partial charge in [-0.05, 0) is 38.5 Å². The molecule has 2 heterocycles. The van der Waals surface area contributed by atoms with Gasteiger partial charge in [-0.3, -0.25) is 0 Å². The van der Waals surface area contributed by atoms with Crippen LogP contribution in [-0.2, 0) is 11.3 Å². The van der Waals surface area contributed by atoms with Crippen molar-refractivity contribution in [2.75, 3.05) is 33.2 Å². The van der Waals surface area contributed by atoms with Gasteiger partial charge < -0.3 is 19.9 Å². The fraction of sp³-hybridized carbons (Fsp3) is 0.588. The third-order valence-electron chi connectivity index (χ3n) is 4.53. The fourth-order valence-electron chi connectivity index (χ4n) is 3.05. The van der Waals surface area contributed by atoms with Crippen LogP contribution in [0.2, 0.25) is 0 Å². The molecule has 0 aromatic heterocycles. The van der Waals surface area contributed by atoms with Crippen LogP contribution >= 0.6 is 0 Å². The highest BCUT2D eigenvalue weighted by atomic mass is 16.6. The van der Waals surface area contributed by atoms with E-state index in [1.54, 1.807) is 4.90 Å². The van der Waals surface area contributed by atoms with Crippen LogP contribution in [0, 0.1) is 0 Å². The fourth-order valence-corrected chi connectivity index (χ4v) is 3.05. The lowest BCUT2D eigenvalue weighted by molar-refractivity contribution is 0.0551. The zero-order chi connectivity index (χ0) is 15.4. The molecule has 0 saturated carbocycles. The zero-order valence-corrected chi connectivity index (χ0v) is 13.2. The van der Waals surface area contributed by atoms with Gasteiger partial charge in [-0.1, -0.05) is 30.3 Å². The number of ether oxygens (including phenoxy) is 1. The van der Waals surface area contributed by atoms with E-state index >= 15 is 0 Å². The second-order valence-corrected chi connectivity index (χ2v) is 6.39. The number of rotatable bonds is 4. The highest BCUT2D eigenvalue weighted by molar-refractivity contribution is 5.68. The number of benzene rings is 1. The molecule has 2 aliphatic rings. The Balaban J connectivity index is 1.33. The Kier molecular flexibility index (Phi) is 4.95. The van der Waals surface area contributed by atoms with Gasteiger partial charge in [0.05, 0.1) is 0 Å². The monoisotopic (exact) mass is 303 g/mol. The van der Waals surface area contributed by atoms with Crippen LogP contribution in [0.25, 0.3) is 0 Å². The molecule has 22 heavy (non-hydrogen) atoms. The van der Waals surface area contributed by atoms with Crippen molar-refractivity contribution < 1.29 is 9.53 Å². The van der Waals surface area contributed by atoms with E-state index in [0.717, 1.165) is 31.7 Å².